The van der Waals surface area contributed by atoms with Crippen molar-refractivity contribution in [3.05, 3.63) is 23.2 Å². The highest BCUT2D eigenvalue weighted by Gasteiger charge is 2.13. The van der Waals surface area contributed by atoms with Gasteiger partial charge < -0.3 is 0 Å². The van der Waals surface area contributed by atoms with Crippen LogP contribution in [0.25, 0.3) is 0 Å². The highest BCUT2D eigenvalue weighted by molar-refractivity contribution is 7.92. The fraction of sp³-hybridized carbons (Fsp3) is 0.250. The molecule has 0 atom stereocenters. The number of anilines is 2. The Morgan fingerprint density at radius 3 is 2.00 bits per heavy atom. The second-order valence-corrected chi connectivity index (χ2v) is 7.31. The smallest absolute Gasteiger partial charge is 0.229 e. The molecule has 1 rings (SSSR count). The Morgan fingerprint density at radius 1 is 1.00 bits per heavy atom. The molecular formula is C8H11ClN2O4S2. The van der Waals surface area contributed by atoms with Crippen LogP contribution in [0.4, 0.5) is 11.4 Å². The number of benzene rings is 1. The second kappa shape index (κ2) is 4.71. The summed E-state index contributed by atoms with van der Waals surface area (Å²) in [6.07, 6.45) is 1.90. The molecule has 0 bridgehead atoms. The average molecular weight is 299 g/mol. The SMILES string of the molecule is CS(=O)(=O)Nc1cccc(Cl)c1NS(C)(=O)=O. The van der Waals surface area contributed by atoms with Crippen molar-refractivity contribution in [1.29, 1.82) is 0 Å². The van der Waals surface area contributed by atoms with E-state index >= 15 is 0 Å². The molecule has 2 N–H and O–H groups in total. The Hall–Kier alpha value is -0.990. The highest BCUT2D eigenvalue weighted by Crippen LogP contribution is 2.31. The van der Waals surface area contributed by atoms with Crippen LogP contribution < -0.4 is 9.44 Å². The van der Waals surface area contributed by atoms with Crippen molar-refractivity contribution >= 4 is 43.0 Å². The van der Waals surface area contributed by atoms with Crippen molar-refractivity contribution in [3.63, 3.8) is 0 Å². The molecule has 0 unspecified atom stereocenters. The molecule has 0 aromatic heterocycles. The van der Waals surface area contributed by atoms with Crippen molar-refractivity contribution in [3.8, 4) is 0 Å². The van der Waals surface area contributed by atoms with Crippen LogP contribution in [0.2, 0.25) is 5.02 Å². The summed E-state index contributed by atoms with van der Waals surface area (Å²) in [6.45, 7) is 0. The maximum atomic E-state index is 11.1. The number of hydrogen-bond donors (Lipinski definition) is 2. The van der Waals surface area contributed by atoms with E-state index in [0.717, 1.165) is 12.5 Å². The lowest BCUT2D eigenvalue weighted by Crippen LogP contribution is -2.15. The molecule has 0 amide bonds. The summed E-state index contributed by atoms with van der Waals surface area (Å²) in [5.41, 5.74) is 0.0764. The number of nitrogens with one attached hydrogen (secondary N) is 2. The molecule has 0 spiro atoms. The van der Waals surface area contributed by atoms with E-state index in [-0.39, 0.29) is 16.4 Å². The predicted octanol–water partition coefficient (Wildman–Crippen LogP) is 1.08. The van der Waals surface area contributed by atoms with Gasteiger partial charge in [0.15, 0.2) is 0 Å². The topological polar surface area (TPSA) is 92.3 Å². The molecule has 0 saturated carbocycles. The normalized spacial score (nSPS) is 12.2. The minimum absolute atomic E-state index is 0.00194. The van der Waals surface area contributed by atoms with Gasteiger partial charge in [-0.05, 0) is 12.1 Å². The van der Waals surface area contributed by atoms with Crippen LogP contribution in [0.15, 0.2) is 18.2 Å². The van der Waals surface area contributed by atoms with Gasteiger partial charge in [0.1, 0.15) is 0 Å². The van der Waals surface area contributed by atoms with Gasteiger partial charge in [-0.25, -0.2) is 16.8 Å². The molecule has 1 aromatic rings. The summed E-state index contributed by atoms with van der Waals surface area (Å²) in [5, 5.41) is 0.101. The molecule has 9 heteroatoms. The van der Waals surface area contributed by atoms with E-state index in [1.165, 1.54) is 18.2 Å². The first-order chi connectivity index (χ1) is 7.58. The zero-order valence-electron chi connectivity index (χ0n) is 9.06. The van der Waals surface area contributed by atoms with E-state index in [0.29, 0.717) is 0 Å². The Bertz CT molecular complexity index is 625. The number of rotatable bonds is 4. The molecule has 96 valence electrons. The van der Waals surface area contributed by atoms with E-state index in [4.69, 9.17) is 11.6 Å². The standard InChI is InChI=1S/C8H11ClN2O4S2/c1-16(12,13)10-7-5-3-4-6(9)8(7)11-17(2,14)15/h3-5,10-11H,1-2H3. The zero-order valence-corrected chi connectivity index (χ0v) is 11.4. The molecular weight excluding hydrogens is 288 g/mol. The van der Waals surface area contributed by atoms with Crippen LogP contribution in [0.1, 0.15) is 0 Å². The van der Waals surface area contributed by atoms with Crippen molar-refractivity contribution in [2.75, 3.05) is 22.0 Å². The first kappa shape index (κ1) is 14.1. The second-order valence-electron chi connectivity index (χ2n) is 3.41. The maximum absolute atomic E-state index is 11.1. The monoisotopic (exact) mass is 298 g/mol. The third-order valence-electron chi connectivity index (χ3n) is 1.60. The van der Waals surface area contributed by atoms with E-state index in [9.17, 15) is 16.8 Å². The van der Waals surface area contributed by atoms with Gasteiger partial charge >= 0.3 is 0 Å². The summed E-state index contributed by atoms with van der Waals surface area (Å²) in [4.78, 5) is 0. The molecule has 0 saturated heterocycles. The molecule has 0 aliphatic rings. The molecule has 0 fully saturated rings. The summed E-state index contributed by atoms with van der Waals surface area (Å²) >= 11 is 5.80. The van der Waals surface area contributed by atoms with Gasteiger partial charge in [-0.3, -0.25) is 9.44 Å². The van der Waals surface area contributed by atoms with Gasteiger partial charge in [0.25, 0.3) is 0 Å². The lowest BCUT2D eigenvalue weighted by Gasteiger charge is -2.12. The molecule has 0 aliphatic carbocycles. The third kappa shape index (κ3) is 4.80. The third-order valence-corrected chi connectivity index (χ3v) is 3.08. The van der Waals surface area contributed by atoms with Crippen LogP contribution in [-0.2, 0) is 20.0 Å². The lowest BCUT2D eigenvalue weighted by molar-refractivity contribution is 0.604. The van der Waals surface area contributed by atoms with Crippen molar-refractivity contribution in [2.45, 2.75) is 0 Å². The fourth-order valence-corrected chi connectivity index (χ4v) is 2.54. The van der Waals surface area contributed by atoms with Crippen molar-refractivity contribution in [1.82, 2.24) is 0 Å². The maximum Gasteiger partial charge on any atom is 0.229 e. The van der Waals surface area contributed by atoms with Gasteiger partial charge in [0.2, 0.25) is 20.0 Å². The Labute approximate surface area is 105 Å². The first-order valence-corrected chi connectivity index (χ1v) is 8.49. The van der Waals surface area contributed by atoms with Gasteiger partial charge in [0.05, 0.1) is 28.9 Å². The van der Waals surface area contributed by atoms with Crippen LogP contribution in [-0.4, -0.2) is 29.3 Å². The number of sulfonamides is 2. The minimum atomic E-state index is -3.55. The Morgan fingerprint density at radius 2 is 1.53 bits per heavy atom. The quantitative estimate of drug-likeness (QED) is 0.870. The van der Waals surface area contributed by atoms with E-state index < -0.39 is 20.0 Å². The summed E-state index contributed by atoms with van der Waals surface area (Å²) in [7, 11) is -7.06. The van der Waals surface area contributed by atoms with Crippen LogP contribution >= 0.6 is 11.6 Å². The van der Waals surface area contributed by atoms with Crippen LogP contribution in [0.3, 0.4) is 0 Å². The van der Waals surface area contributed by atoms with Gasteiger partial charge in [-0.15, -0.1) is 0 Å². The Balaban J connectivity index is 3.27. The van der Waals surface area contributed by atoms with E-state index in [1.807, 2.05) is 0 Å². The van der Waals surface area contributed by atoms with Crippen LogP contribution in [0, 0.1) is 0 Å². The first-order valence-electron chi connectivity index (χ1n) is 4.32. The number of para-hydroxylation sites is 1. The Kier molecular flexibility index (Phi) is 3.90. The number of hydrogen-bond acceptors (Lipinski definition) is 4. The zero-order chi connectivity index (χ0) is 13.3. The summed E-state index contributed by atoms with van der Waals surface area (Å²) < 4.78 is 48.8. The predicted molar refractivity (Wildman–Crippen MR) is 68.4 cm³/mol. The molecule has 0 heterocycles. The molecule has 1 aromatic carbocycles. The van der Waals surface area contributed by atoms with Crippen molar-refractivity contribution in [2.24, 2.45) is 0 Å². The lowest BCUT2D eigenvalue weighted by atomic mass is 10.3. The van der Waals surface area contributed by atoms with E-state index in [1.54, 1.807) is 0 Å². The van der Waals surface area contributed by atoms with Gasteiger partial charge in [0, 0.05) is 0 Å². The van der Waals surface area contributed by atoms with Crippen molar-refractivity contribution < 1.29 is 16.8 Å². The van der Waals surface area contributed by atoms with Gasteiger partial charge in [-0.1, -0.05) is 17.7 Å². The molecule has 0 aliphatic heterocycles. The molecule has 17 heavy (non-hydrogen) atoms. The largest absolute Gasteiger partial charge is 0.282 e. The van der Waals surface area contributed by atoms with E-state index in [2.05, 4.69) is 9.44 Å². The average Bonchev–Trinajstić information content (AvgIpc) is 2.07. The minimum Gasteiger partial charge on any atom is -0.282 e. The molecule has 0 radical (unpaired) electrons. The van der Waals surface area contributed by atoms with Crippen LogP contribution in [0.5, 0.6) is 0 Å². The van der Waals surface area contributed by atoms with Gasteiger partial charge in [-0.2, -0.15) is 0 Å². The number of halogens is 1. The highest BCUT2D eigenvalue weighted by atomic mass is 35.5. The fourth-order valence-electron chi connectivity index (χ4n) is 1.10. The molecule has 6 nitrogen and oxygen atoms in total. The summed E-state index contributed by atoms with van der Waals surface area (Å²) in [5.74, 6) is 0. The summed E-state index contributed by atoms with van der Waals surface area (Å²) in [6, 6.07) is 4.35.